The average molecular weight is 402 g/mol. The van der Waals surface area contributed by atoms with Crippen LogP contribution in [-0.2, 0) is 29.0 Å². The van der Waals surface area contributed by atoms with E-state index in [9.17, 15) is 4.79 Å². The second-order valence-corrected chi connectivity index (χ2v) is 8.25. The Kier molecular flexibility index (Phi) is 4.99. The summed E-state index contributed by atoms with van der Waals surface area (Å²) in [7, 11) is 1.55. The first-order valence-electron chi connectivity index (χ1n) is 10.6. The van der Waals surface area contributed by atoms with Crippen molar-refractivity contribution in [2.24, 2.45) is 11.1 Å². The van der Waals surface area contributed by atoms with Gasteiger partial charge < -0.3 is 14.7 Å². The van der Waals surface area contributed by atoms with Gasteiger partial charge in [-0.1, -0.05) is 17.3 Å². The summed E-state index contributed by atoms with van der Waals surface area (Å²) >= 11 is 0. The maximum absolute atomic E-state index is 12.3. The highest BCUT2D eigenvalue weighted by atomic mass is 16.6. The fraction of sp³-hybridized carbons (Fsp3) is 0.375. The molecular weight excluding hydrogens is 376 g/mol. The molecule has 0 saturated heterocycles. The molecule has 2 aromatic heterocycles. The van der Waals surface area contributed by atoms with Crippen molar-refractivity contribution in [3.8, 4) is 0 Å². The molecule has 0 unspecified atom stereocenters. The van der Waals surface area contributed by atoms with Crippen LogP contribution in [0.15, 0.2) is 47.8 Å². The highest BCUT2D eigenvalue weighted by Gasteiger charge is 2.33. The van der Waals surface area contributed by atoms with Crippen LogP contribution in [0.2, 0.25) is 0 Å². The summed E-state index contributed by atoms with van der Waals surface area (Å²) < 4.78 is 2.39. The zero-order valence-corrected chi connectivity index (χ0v) is 17.2. The largest absolute Gasteiger partial charge is 0.399 e. The van der Waals surface area contributed by atoms with Gasteiger partial charge in [-0.2, -0.15) is 0 Å². The van der Waals surface area contributed by atoms with Gasteiger partial charge in [-0.05, 0) is 67.5 Å². The zero-order chi connectivity index (χ0) is 20.5. The number of pyridine rings is 1. The minimum absolute atomic E-state index is 0.204. The number of hydrogen-bond acceptors (Lipinski definition) is 4. The minimum atomic E-state index is 0.204. The SMILES string of the molecule is CON=Cc1ccc2c(c1)c1c(n2Cc2ccccn2)CC[C@@H](NC(=O)C2CC2)C1. The summed E-state index contributed by atoms with van der Waals surface area (Å²) in [6, 6.07) is 12.7. The number of carbonyl (C=O) groups is 1. The molecule has 1 N–H and O–H groups in total. The van der Waals surface area contributed by atoms with Crippen molar-refractivity contribution < 1.29 is 9.63 Å². The van der Waals surface area contributed by atoms with Crippen LogP contribution < -0.4 is 5.32 Å². The summed E-state index contributed by atoms with van der Waals surface area (Å²) in [4.78, 5) is 21.7. The smallest absolute Gasteiger partial charge is 0.223 e. The van der Waals surface area contributed by atoms with Gasteiger partial charge in [0.1, 0.15) is 7.11 Å². The van der Waals surface area contributed by atoms with Gasteiger partial charge >= 0.3 is 0 Å². The first-order chi connectivity index (χ1) is 14.7. The second kappa shape index (κ2) is 7.94. The molecule has 3 aromatic rings. The van der Waals surface area contributed by atoms with Crippen molar-refractivity contribution in [2.45, 2.75) is 44.7 Å². The maximum Gasteiger partial charge on any atom is 0.223 e. The number of aromatic nitrogens is 2. The van der Waals surface area contributed by atoms with Gasteiger partial charge in [0.15, 0.2) is 0 Å². The average Bonchev–Trinajstić information content (AvgIpc) is 3.59. The quantitative estimate of drug-likeness (QED) is 0.507. The first-order valence-corrected chi connectivity index (χ1v) is 10.6. The van der Waals surface area contributed by atoms with Crippen molar-refractivity contribution in [1.82, 2.24) is 14.9 Å². The van der Waals surface area contributed by atoms with Gasteiger partial charge in [0, 0.05) is 34.8 Å². The van der Waals surface area contributed by atoms with Crippen molar-refractivity contribution in [3.05, 3.63) is 65.1 Å². The summed E-state index contributed by atoms with van der Waals surface area (Å²) in [5, 5.41) is 8.43. The predicted molar refractivity (Wildman–Crippen MR) is 117 cm³/mol. The molecule has 0 spiro atoms. The third-order valence-electron chi connectivity index (χ3n) is 6.14. The van der Waals surface area contributed by atoms with E-state index < -0.39 is 0 Å². The van der Waals surface area contributed by atoms with Gasteiger partial charge in [0.25, 0.3) is 0 Å². The summed E-state index contributed by atoms with van der Waals surface area (Å²) in [6.07, 6.45) is 8.44. The molecule has 1 aromatic carbocycles. The monoisotopic (exact) mass is 402 g/mol. The van der Waals surface area contributed by atoms with E-state index in [1.54, 1.807) is 13.3 Å². The number of nitrogens with one attached hydrogen (secondary N) is 1. The standard InChI is InChI=1S/C24H26N4O2/c1-30-26-14-16-5-9-22-20(12-16)21-13-18(27-24(29)17-6-7-17)8-10-23(21)28(22)15-19-4-2-3-11-25-19/h2-5,9,11-12,14,17-18H,6-8,10,13,15H2,1H3,(H,27,29)/t18-/m1/s1. The third kappa shape index (κ3) is 3.70. The van der Waals surface area contributed by atoms with Gasteiger partial charge in [-0.3, -0.25) is 9.78 Å². The molecule has 0 radical (unpaired) electrons. The summed E-state index contributed by atoms with van der Waals surface area (Å²) in [5.41, 5.74) is 5.95. The molecule has 1 fully saturated rings. The number of carbonyl (C=O) groups excluding carboxylic acids is 1. The molecule has 2 heterocycles. The van der Waals surface area contributed by atoms with Crippen molar-refractivity contribution in [3.63, 3.8) is 0 Å². The van der Waals surface area contributed by atoms with E-state index in [1.165, 1.54) is 22.2 Å². The van der Waals surface area contributed by atoms with E-state index in [4.69, 9.17) is 4.84 Å². The van der Waals surface area contributed by atoms with Crippen LogP contribution >= 0.6 is 0 Å². The molecule has 0 aliphatic heterocycles. The number of benzene rings is 1. The number of amides is 1. The maximum atomic E-state index is 12.3. The lowest BCUT2D eigenvalue weighted by atomic mass is 9.91. The summed E-state index contributed by atoms with van der Waals surface area (Å²) in [5.74, 6) is 0.474. The molecule has 154 valence electrons. The molecular formula is C24H26N4O2. The second-order valence-electron chi connectivity index (χ2n) is 8.25. The first kappa shape index (κ1) is 18.9. The van der Waals surface area contributed by atoms with Crippen LogP contribution in [0.4, 0.5) is 0 Å². The lowest BCUT2D eigenvalue weighted by Gasteiger charge is -2.25. The predicted octanol–water partition coefficient (Wildman–Crippen LogP) is 3.45. The Morgan fingerprint density at radius 2 is 2.20 bits per heavy atom. The third-order valence-corrected chi connectivity index (χ3v) is 6.14. The lowest BCUT2D eigenvalue weighted by Crippen LogP contribution is -2.39. The van der Waals surface area contributed by atoms with Gasteiger partial charge in [0.2, 0.25) is 5.91 Å². The Balaban J connectivity index is 1.53. The topological polar surface area (TPSA) is 68.5 Å². The normalized spacial score (nSPS) is 18.5. The number of rotatable bonds is 6. The Morgan fingerprint density at radius 3 is 2.97 bits per heavy atom. The molecule has 6 heteroatoms. The van der Waals surface area contributed by atoms with Crippen LogP contribution in [0.25, 0.3) is 10.9 Å². The Bertz CT molecular complexity index is 1100. The molecule has 1 atom stereocenters. The van der Waals surface area contributed by atoms with Gasteiger partial charge in [-0.25, -0.2) is 0 Å². The number of nitrogens with zero attached hydrogens (tertiary/aromatic N) is 3. The van der Waals surface area contributed by atoms with E-state index in [-0.39, 0.29) is 17.9 Å². The van der Waals surface area contributed by atoms with Crippen molar-refractivity contribution in [1.29, 1.82) is 0 Å². The van der Waals surface area contributed by atoms with E-state index in [0.717, 1.165) is 49.9 Å². The fourth-order valence-electron chi connectivity index (χ4n) is 4.48. The highest BCUT2D eigenvalue weighted by Crippen LogP contribution is 2.34. The molecule has 2 aliphatic rings. The van der Waals surface area contributed by atoms with Crippen molar-refractivity contribution >= 4 is 23.0 Å². The summed E-state index contributed by atoms with van der Waals surface area (Å²) in [6.45, 7) is 0.747. The Morgan fingerprint density at radius 1 is 1.30 bits per heavy atom. The number of hydrogen-bond donors (Lipinski definition) is 1. The van der Waals surface area contributed by atoms with Crippen LogP contribution in [0.5, 0.6) is 0 Å². The molecule has 0 bridgehead atoms. The molecule has 30 heavy (non-hydrogen) atoms. The Labute approximate surface area is 175 Å². The Hall–Kier alpha value is -3.15. The molecule has 5 rings (SSSR count). The van der Waals surface area contributed by atoms with E-state index in [1.807, 2.05) is 18.3 Å². The van der Waals surface area contributed by atoms with Crippen LogP contribution in [-0.4, -0.2) is 34.8 Å². The number of fused-ring (bicyclic) bond motifs is 3. The molecule has 1 saturated carbocycles. The van der Waals surface area contributed by atoms with Crippen LogP contribution in [0.1, 0.15) is 41.8 Å². The molecule has 6 nitrogen and oxygen atoms in total. The fourth-order valence-corrected chi connectivity index (χ4v) is 4.48. The number of oxime groups is 1. The van der Waals surface area contributed by atoms with Crippen LogP contribution in [0.3, 0.4) is 0 Å². The molecule has 1 amide bonds. The minimum Gasteiger partial charge on any atom is -0.399 e. The van der Waals surface area contributed by atoms with E-state index in [0.29, 0.717) is 0 Å². The van der Waals surface area contributed by atoms with Crippen LogP contribution in [0, 0.1) is 5.92 Å². The lowest BCUT2D eigenvalue weighted by molar-refractivity contribution is -0.123. The highest BCUT2D eigenvalue weighted by molar-refractivity contribution is 5.92. The van der Waals surface area contributed by atoms with Crippen molar-refractivity contribution in [2.75, 3.05) is 7.11 Å². The van der Waals surface area contributed by atoms with E-state index in [2.05, 4.69) is 44.3 Å². The van der Waals surface area contributed by atoms with E-state index >= 15 is 0 Å². The molecule has 2 aliphatic carbocycles. The van der Waals surface area contributed by atoms with Gasteiger partial charge in [-0.15, -0.1) is 0 Å². The van der Waals surface area contributed by atoms with Gasteiger partial charge in [0.05, 0.1) is 18.5 Å². The zero-order valence-electron chi connectivity index (χ0n) is 17.2.